The topological polar surface area (TPSA) is 61.5 Å². The van der Waals surface area contributed by atoms with Gasteiger partial charge in [0.25, 0.3) is 0 Å². The largest absolute Gasteiger partial charge is 0.787 e. The highest BCUT2D eigenvalue weighted by Crippen LogP contribution is 1.60. The zero-order chi connectivity index (χ0) is 4.99. The molecule has 0 rings (SSSR count). The predicted octanol–water partition coefficient (Wildman–Crippen LogP) is -1.06. The Balaban J connectivity index is 2.99. The molecule has 0 fully saturated rings. The smallest absolute Gasteiger partial charge is 0.498 e. The van der Waals surface area contributed by atoms with Crippen LogP contribution in [-0.2, 0) is 13.4 Å². The van der Waals surface area contributed by atoms with Gasteiger partial charge < -0.3 is 8.95 Å². The van der Waals surface area contributed by atoms with Gasteiger partial charge in [0.2, 0.25) is 0 Å². The molecule has 0 unspecified atom stereocenters. The molecule has 0 amide bonds. The zero-order valence-corrected chi connectivity index (χ0v) is 4.30. The van der Waals surface area contributed by atoms with E-state index in [1.165, 1.54) is 7.11 Å². The van der Waals surface area contributed by atoms with E-state index < -0.39 is 9.17 Å². The van der Waals surface area contributed by atoms with Gasteiger partial charge in [-0.2, -0.15) is 5.90 Å². The first-order valence-electron chi connectivity index (χ1n) is 1.26. The van der Waals surface area contributed by atoms with Crippen LogP contribution in [0.4, 0.5) is 0 Å². The quantitative estimate of drug-likeness (QED) is 0.361. The van der Waals surface area contributed by atoms with Crippen molar-refractivity contribution in [1.82, 2.24) is 0 Å². The molecule has 0 aliphatic heterocycles. The van der Waals surface area contributed by atoms with Gasteiger partial charge in [-0.15, -0.1) is 0 Å². The third-order valence-electron chi connectivity index (χ3n) is 0.263. The summed E-state index contributed by atoms with van der Waals surface area (Å²) in [6.07, 6.45) is 0. The standard InChI is InChI=1S/CH5NO3Si/c1-4-6(3)5-2/h2H2,1H3. The van der Waals surface area contributed by atoms with Crippen molar-refractivity contribution in [2.24, 2.45) is 5.90 Å². The van der Waals surface area contributed by atoms with Gasteiger partial charge in [-0.25, -0.2) is 0 Å². The van der Waals surface area contributed by atoms with E-state index in [2.05, 4.69) is 14.8 Å². The third kappa shape index (κ3) is 1.86. The second kappa shape index (κ2) is 2.80. The molecule has 0 aromatic heterocycles. The van der Waals surface area contributed by atoms with Crippen molar-refractivity contribution in [2.45, 2.75) is 0 Å². The Morgan fingerprint density at radius 1 is 1.83 bits per heavy atom. The Bertz CT molecular complexity index is 48.8. The lowest BCUT2D eigenvalue weighted by Crippen LogP contribution is -2.13. The maximum Gasteiger partial charge on any atom is 0.787 e. The minimum Gasteiger partial charge on any atom is -0.498 e. The van der Waals surface area contributed by atoms with Gasteiger partial charge in [0, 0.05) is 0 Å². The monoisotopic (exact) mass is 107 g/mol. The lowest BCUT2D eigenvalue weighted by molar-refractivity contribution is 0.201. The van der Waals surface area contributed by atoms with Crippen LogP contribution in [0.15, 0.2) is 0 Å². The van der Waals surface area contributed by atoms with Crippen LogP contribution in [0.3, 0.4) is 0 Å². The second-order valence-electron chi connectivity index (χ2n) is 0.572. The molecule has 0 spiro atoms. The number of hydrogen-bond acceptors (Lipinski definition) is 4. The van der Waals surface area contributed by atoms with Crippen LogP contribution >= 0.6 is 0 Å². The molecule has 0 saturated carbocycles. The lowest BCUT2D eigenvalue weighted by Gasteiger charge is -1.86. The maximum absolute atomic E-state index is 9.80. The molecule has 0 aliphatic rings. The zero-order valence-electron chi connectivity index (χ0n) is 3.30. The van der Waals surface area contributed by atoms with Crippen molar-refractivity contribution in [3.8, 4) is 0 Å². The maximum atomic E-state index is 9.80. The Morgan fingerprint density at radius 2 is 2.33 bits per heavy atom. The summed E-state index contributed by atoms with van der Waals surface area (Å²) in [7, 11) is -1.08. The minimum atomic E-state index is -2.34. The molecule has 0 aliphatic carbocycles. The van der Waals surface area contributed by atoms with E-state index in [1.54, 1.807) is 0 Å². The Hall–Kier alpha value is -0.423. The predicted molar refractivity (Wildman–Crippen MR) is 18.7 cm³/mol. The fourth-order valence-corrected chi connectivity index (χ4v) is 0.144. The number of hydrogen-bond donors (Lipinski definition) is 1. The molecule has 6 heavy (non-hydrogen) atoms. The van der Waals surface area contributed by atoms with Crippen LogP contribution in [-0.4, -0.2) is 16.3 Å². The Morgan fingerprint density at radius 3 is 2.33 bits per heavy atom. The van der Waals surface area contributed by atoms with E-state index >= 15 is 0 Å². The van der Waals surface area contributed by atoms with Gasteiger partial charge in [0.15, 0.2) is 0 Å². The van der Waals surface area contributed by atoms with E-state index in [0.717, 1.165) is 0 Å². The minimum absolute atomic E-state index is 1.26. The highest BCUT2D eigenvalue weighted by atomic mass is 28.3. The fraction of sp³-hybridized carbons (Fsp3) is 1.00. The van der Waals surface area contributed by atoms with Crippen LogP contribution in [0.1, 0.15) is 0 Å². The third-order valence-corrected chi connectivity index (χ3v) is 0.789. The van der Waals surface area contributed by atoms with E-state index in [1.807, 2.05) is 0 Å². The first kappa shape index (κ1) is 5.58. The van der Waals surface area contributed by atoms with Crippen molar-refractivity contribution in [1.29, 1.82) is 0 Å². The molecule has 0 aromatic rings. The van der Waals surface area contributed by atoms with E-state index in [4.69, 9.17) is 0 Å². The van der Waals surface area contributed by atoms with Gasteiger partial charge in [0.05, 0.1) is 7.11 Å². The lowest BCUT2D eigenvalue weighted by atomic mass is 11.8. The van der Waals surface area contributed by atoms with Crippen LogP contribution in [0.2, 0.25) is 0 Å². The summed E-state index contributed by atoms with van der Waals surface area (Å²) in [4.78, 5) is 0. The molecule has 4 nitrogen and oxygen atoms in total. The van der Waals surface area contributed by atoms with Crippen molar-refractivity contribution in [2.75, 3.05) is 7.11 Å². The molecular formula is CH5NO3Si. The van der Waals surface area contributed by atoms with Crippen molar-refractivity contribution in [3.05, 3.63) is 0 Å². The SMILES string of the molecule is CO[Si](=O)ON. The summed E-state index contributed by atoms with van der Waals surface area (Å²) in [6, 6.07) is 0. The van der Waals surface area contributed by atoms with Gasteiger partial charge in [-0.1, -0.05) is 0 Å². The van der Waals surface area contributed by atoms with Crippen LogP contribution in [0.5, 0.6) is 0 Å². The number of rotatable bonds is 2. The molecule has 36 valence electrons. The van der Waals surface area contributed by atoms with Crippen molar-refractivity contribution >= 4 is 9.17 Å². The Kier molecular flexibility index (Phi) is 2.60. The van der Waals surface area contributed by atoms with E-state index in [0.29, 0.717) is 0 Å². The van der Waals surface area contributed by atoms with Gasteiger partial charge in [-0.3, -0.25) is 4.46 Å². The Labute approximate surface area is 36.7 Å². The first-order valence-corrected chi connectivity index (χ1v) is 2.48. The van der Waals surface area contributed by atoms with Crippen molar-refractivity contribution in [3.63, 3.8) is 0 Å². The van der Waals surface area contributed by atoms with E-state index in [-0.39, 0.29) is 0 Å². The number of nitrogens with two attached hydrogens (primary N) is 1. The van der Waals surface area contributed by atoms with Gasteiger partial charge in [-0.05, 0) is 0 Å². The molecule has 0 heterocycles. The normalized spacial score (nSPS) is 7.00. The highest BCUT2D eigenvalue weighted by molar-refractivity contribution is 6.25. The van der Waals surface area contributed by atoms with Crippen molar-refractivity contribution < 1.29 is 13.4 Å². The highest BCUT2D eigenvalue weighted by Gasteiger charge is 2.02. The fourth-order valence-electron chi connectivity index (χ4n) is 0.0481. The summed E-state index contributed by atoms with van der Waals surface area (Å²) in [6.45, 7) is 0. The molecule has 0 atom stereocenters. The average molecular weight is 107 g/mol. The van der Waals surface area contributed by atoms with Crippen LogP contribution in [0, 0.1) is 0 Å². The first-order chi connectivity index (χ1) is 2.81. The van der Waals surface area contributed by atoms with Gasteiger partial charge >= 0.3 is 9.17 Å². The molecule has 0 aromatic carbocycles. The molecule has 0 radical (unpaired) electrons. The summed E-state index contributed by atoms with van der Waals surface area (Å²) in [5.74, 6) is 4.39. The molecule has 0 bridgehead atoms. The average Bonchev–Trinajstić information content (AvgIpc) is 1.65. The van der Waals surface area contributed by atoms with Crippen LogP contribution < -0.4 is 5.90 Å². The summed E-state index contributed by atoms with van der Waals surface area (Å²) >= 11 is 0. The summed E-state index contributed by atoms with van der Waals surface area (Å²) < 4.78 is 17.6. The molecule has 0 saturated heterocycles. The summed E-state index contributed by atoms with van der Waals surface area (Å²) in [5.41, 5.74) is 0. The van der Waals surface area contributed by atoms with Gasteiger partial charge in [0.1, 0.15) is 0 Å². The molecule has 5 heteroatoms. The molecular weight excluding hydrogens is 102 g/mol. The molecule has 2 N–H and O–H groups in total. The second-order valence-corrected chi connectivity index (χ2v) is 1.72. The van der Waals surface area contributed by atoms with E-state index in [9.17, 15) is 4.46 Å². The summed E-state index contributed by atoms with van der Waals surface area (Å²) in [5, 5.41) is 0. The van der Waals surface area contributed by atoms with Crippen LogP contribution in [0.25, 0.3) is 0 Å².